The fourth-order valence-corrected chi connectivity index (χ4v) is 1.43. The standard InChI is InChI=1S/C7H14O3/c1-5-2-6(3-8)7(4-9)10-5/h5-9H,2-4H2,1H3/t5?,6-,7+/m1/s1. The Morgan fingerprint density at radius 3 is 2.50 bits per heavy atom. The molecular weight excluding hydrogens is 132 g/mol. The number of aliphatic hydroxyl groups excluding tert-OH is 2. The highest BCUT2D eigenvalue weighted by molar-refractivity contribution is 4.78. The summed E-state index contributed by atoms with van der Waals surface area (Å²) in [6.45, 7) is 2.10. The van der Waals surface area contributed by atoms with Gasteiger partial charge in [-0.2, -0.15) is 0 Å². The number of hydrogen-bond donors (Lipinski definition) is 2. The Hall–Kier alpha value is -0.120. The molecule has 1 aliphatic heterocycles. The largest absolute Gasteiger partial charge is 0.396 e. The van der Waals surface area contributed by atoms with Crippen LogP contribution in [0.3, 0.4) is 0 Å². The van der Waals surface area contributed by atoms with E-state index in [1.807, 2.05) is 6.92 Å². The highest BCUT2D eigenvalue weighted by Crippen LogP contribution is 2.25. The number of aliphatic hydroxyl groups is 2. The Morgan fingerprint density at radius 1 is 1.40 bits per heavy atom. The Labute approximate surface area is 60.6 Å². The Bertz CT molecular complexity index is 93.0. The molecule has 1 heterocycles. The normalized spacial score (nSPS) is 40.5. The second-order valence-electron chi connectivity index (χ2n) is 2.85. The average molecular weight is 146 g/mol. The molecule has 1 aliphatic rings. The lowest BCUT2D eigenvalue weighted by atomic mass is 10.0. The number of hydrogen-bond acceptors (Lipinski definition) is 3. The first-order chi connectivity index (χ1) is 4.77. The van der Waals surface area contributed by atoms with E-state index in [9.17, 15) is 0 Å². The molecule has 1 saturated heterocycles. The van der Waals surface area contributed by atoms with Gasteiger partial charge in [-0.1, -0.05) is 0 Å². The summed E-state index contributed by atoms with van der Waals surface area (Å²) in [4.78, 5) is 0. The zero-order valence-electron chi connectivity index (χ0n) is 6.16. The van der Waals surface area contributed by atoms with Gasteiger partial charge in [0.1, 0.15) is 0 Å². The fourth-order valence-electron chi connectivity index (χ4n) is 1.43. The van der Waals surface area contributed by atoms with Crippen molar-refractivity contribution in [1.82, 2.24) is 0 Å². The van der Waals surface area contributed by atoms with Crippen LogP contribution in [0.2, 0.25) is 0 Å². The van der Waals surface area contributed by atoms with Crippen molar-refractivity contribution in [2.75, 3.05) is 13.2 Å². The molecule has 1 unspecified atom stereocenters. The second-order valence-corrected chi connectivity index (χ2v) is 2.85. The topological polar surface area (TPSA) is 49.7 Å². The van der Waals surface area contributed by atoms with E-state index in [2.05, 4.69) is 0 Å². The van der Waals surface area contributed by atoms with E-state index in [0.717, 1.165) is 6.42 Å². The van der Waals surface area contributed by atoms with E-state index in [0.29, 0.717) is 0 Å². The first kappa shape index (κ1) is 7.98. The van der Waals surface area contributed by atoms with Crippen molar-refractivity contribution >= 4 is 0 Å². The van der Waals surface area contributed by atoms with E-state index in [1.54, 1.807) is 0 Å². The lowest BCUT2D eigenvalue weighted by molar-refractivity contribution is -0.00108. The maximum Gasteiger partial charge on any atom is 0.0860 e. The van der Waals surface area contributed by atoms with Gasteiger partial charge < -0.3 is 14.9 Å². The third kappa shape index (κ3) is 1.48. The van der Waals surface area contributed by atoms with Gasteiger partial charge in [0.2, 0.25) is 0 Å². The van der Waals surface area contributed by atoms with Gasteiger partial charge in [0.05, 0.1) is 18.8 Å². The summed E-state index contributed by atoms with van der Waals surface area (Å²) in [6, 6.07) is 0. The molecule has 0 amide bonds. The molecule has 3 nitrogen and oxygen atoms in total. The van der Waals surface area contributed by atoms with Gasteiger partial charge in [-0.15, -0.1) is 0 Å². The van der Waals surface area contributed by atoms with Crippen LogP contribution in [-0.2, 0) is 4.74 Å². The maximum absolute atomic E-state index is 8.79. The molecule has 3 heteroatoms. The average Bonchev–Trinajstić information content (AvgIpc) is 2.30. The third-order valence-corrected chi connectivity index (χ3v) is 1.98. The maximum atomic E-state index is 8.79. The van der Waals surface area contributed by atoms with Gasteiger partial charge in [-0.05, 0) is 13.3 Å². The fraction of sp³-hybridized carbons (Fsp3) is 1.00. The minimum absolute atomic E-state index is 0.0234. The summed E-state index contributed by atoms with van der Waals surface area (Å²) in [5, 5.41) is 17.5. The number of rotatable bonds is 2. The first-order valence-corrected chi connectivity index (χ1v) is 3.65. The van der Waals surface area contributed by atoms with Crippen molar-refractivity contribution in [2.45, 2.75) is 25.6 Å². The predicted octanol–water partition coefficient (Wildman–Crippen LogP) is -0.235. The highest BCUT2D eigenvalue weighted by Gasteiger charge is 2.31. The van der Waals surface area contributed by atoms with Gasteiger partial charge >= 0.3 is 0 Å². The molecule has 0 radical (unpaired) electrons. The van der Waals surface area contributed by atoms with Gasteiger partial charge in [-0.25, -0.2) is 0 Å². The van der Waals surface area contributed by atoms with Crippen LogP contribution in [0.4, 0.5) is 0 Å². The van der Waals surface area contributed by atoms with E-state index in [4.69, 9.17) is 14.9 Å². The van der Waals surface area contributed by atoms with Crippen molar-refractivity contribution in [3.63, 3.8) is 0 Å². The van der Waals surface area contributed by atoms with E-state index >= 15 is 0 Å². The molecular formula is C7H14O3. The zero-order chi connectivity index (χ0) is 7.56. The molecule has 0 aliphatic carbocycles. The lowest BCUT2D eigenvalue weighted by Gasteiger charge is -2.12. The van der Waals surface area contributed by atoms with Crippen molar-refractivity contribution in [3.05, 3.63) is 0 Å². The molecule has 0 aromatic heterocycles. The number of ether oxygens (including phenoxy) is 1. The molecule has 0 aromatic rings. The molecule has 1 rings (SSSR count). The van der Waals surface area contributed by atoms with Gasteiger partial charge in [-0.3, -0.25) is 0 Å². The molecule has 10 heavy (non-hydrogen) atoms. The smallest absolute Gasteiger partial charge is 0.0860 e. The van der Waals surface area contributed by atoms with Gasteiger partial charge in [0, 0.05) is 12.5 Å². The molecule has 60 valence electrons. The van der Waals surface area contributed by atoms with Crippen molar-refractivity contribution < 1.29 is 14.9 Å². The SMILES string of the molecule is CC1C[C@H](CO)[C@H](CO)O1. The Kier molecular flexibility index (Phi) is 2.65. The molecule has 2 N–H and O–H groups in total. The monoisotopic (exact) mass is 146 g/mol. The van der Waals surface area contributed by atoms with Crippen LogP contribution < -0.4 is 0 Å². The molecule has 0 saturated carbocycles. The molecule has 0 bridgehead atoms. The lowest BCUT2D eigenvalue weighted by Crippen LogP contribution is -2.22. The molecule has 1 fully saturated rings. The van der Waals surface area contributed by atoms with Crippen LogP contribution in [0.5, 0.6) is 0 Å². The van der Waals surface area contributed by atoms with E-state index in [1.165, 1.54) is 0 Å². The van der Waals surface area contributed by atoms with E-state index < -0.39 is 0 Å². The van der Waals surface area contributed by atoms with Crippen LogP contribution in [0.15, 0.2) is 0 Å². The summed E-state index contributed by atoms with van der Waals surface area (Å²) in [6.07, 6.45) is 0.913. The highest BCUT2D eigenvalue weighted by atomic mass is 16.5. The Morgan fingerprint density at radius 2 is 2.10 bits per heavy atom. The van der Waals surface area contributed by atoms with Gasteiger partial charge in [0.25, 0.3) is 0 Å². The summed E-state index contributed by atoms with van der Waals surface area (Å²) < 4.78 is 5.30. The molecule has 0 aromatic carbocycles. The molecule has 0 spiro atoms. The van der Waals surface area contributed by atoms with Crippen LogP contribution in [0, 0.1) is 5.92 Å². The minimum atomic E-state index is -0.139. The van der Waals surface area contributed by atoms with Crippen LogP contribution in [0.1, 0.15) is 13.3 Å². The summed E-state index contributed by atoms with van der Waals surface area (Å²) in [7, 11) is 0. The second kappa shape index (κ2) is 3.32. The van der Waals surface area contributed by atoms with E-state index in [-0.39, 0.29) is 31.3 Å². The molecule has 3 atom stereocenters. The third-order valence-electron chi connectivity index (χ3n) is 1.98. The van der Waals surface area contributed by atoms with Gasteiger partial charge in [0.15, 0.2) is 0 Å². The van der Waals surface area contributed by atoms with Crippen LogP contribution in [0.25, 0.3) is 0 Å². The van der Waals surface area contributed by atoms with Crippen molar-refractivity contribution in [1.29, 1.82) is 0 Å². The Balaban J connectivity index is 2.41. The summed E-state index contributed by atoms with van der Waals surface area (Å²) >= 11 is 0. The van der Waals surface area contributed by atoms with Crippen molar-refractivity contribution in [3.8, 4) is 0 Å². The summed E-state index contributed by atoms with van der Waals surface area (Å²) in [5.74, 6) is 0.139. The minimum Gasteiger partial charge on any atom is -0.396 e. The van der Waals surface area contributed by atoms with Crippen LogP contribution >= 0.6 is 0 Å². The quantitative estimate of drug-likeness (QED) is 0.565. The first-order valence-electron chi connectivity index (χ1n) is 3.65. The zero-order valence-corrected chi connectivity index (χ0v) is 6.16. The predicted molar refractivity (Wildman–Crippen MR) is 36.6 cm³/mol. The van der Waals surface area contributed by atoms with Crippen LogP contribution in [-0.4, -0.2) is 35.6 Å². The van der Waals surface area contributed by atoms with Crippen molar-refractivity contribution in [2.24, 2.45) is 5.92 Å². The summed E-state index contributed by atoms with van der Waals surface area (Å²) in [5.41, 5.74) is 0.